The molecule has 3 aliphatic rings. The van der Waals surface area contributed by atoms with E-state index in [1.54, 1.807) is 0 Å². The number of hydrogen-bond donors (Lipinski definition) is 0. The first-order chi connectivity index (χ1) is 12.8. The van der Waals surface area contributed by atoms with Crippen molar-refractivity contribution >= 4 is 5.65 Å². The van der Waals surface area contributed by atoms with Crippen LogP contribution in [0, 0.1) is 11.8 Å². The zero-order valence-corrected chi connectivity index (χ0v) is 16.1. The lowest BCUT2D eigenvalue weighted by Gasteiger charge is -2.57. The first-order valence-electron chi connectivity index (χ1n) is 10.7. The minimum absolute atomic E-state index is 0.824. The Labute approximate surface area is 157 Å². The van der Waals surface area contributed by atoms with Crippen LogP contribution >= 0.6 is 0 Å². The second-order valence-corrected chi connectivity index (χ2v) is 8.81. The first kappa shape index (κ1) is 16.8. The quantitative estimate of drug-likeness (QED) is 0.836. The maximum absolute atomic E-state index is 4.85. The molecule has 0 saturated carbocycles. The third-order valence-corrected chi connectivity index (χ3v) is 7.08. The Morgan fingerprint density at radius 2 is 2.08 bits per heavy atom. The molecule has 0 aliphatic carbocycles. The molecule has 4 atom stereocenters. The van der Waals surface area contributed by atoms with Crippen molar-refractivity contribution in [1.29, 1.82) is 0 Å². The van der Waals surface area contributed by atoms with Gasteiger partial charge in [0.05, 0.1) is 5.69 Å². The molecule has 5 rings (SSSR count). The lowest BCUT2D eigenvalue weighted by molar-refractivity contribution is -0.0759. The van der Waals surface area contributed by atoms with Gasteiger partial charge >= 0.3 is 0 Å². The number of nitrogens with zero attached hydrogens (tertiary/aromatic N) is 4. The number of piperidine rings is 3. The van der Waals surface area contributed by atoms with Gasteiger partial charge < -0.3 is 4.40 Å². The Kier molecular flexibility index (Phi) is 4.49. The van der Waals surface area contributed by atoms with Crippen molar-refractivity contribution in [2.75, 3.05) is 19.6 Å². The van der Waals surface area contributed by atoms with E-state index in [1.807, 2.05) is 0 Å². The summed E-state index contributed by atoms with van der Waals surface area (Å²) in [5.74, 6) is 1.74. The molecule has 0 radical (unpaired) electrons. The van der Waals surface area contributed by atoms with E-state index in [0.717, 1.165) is 36.1 Å². The van der Waals surface area contributed by atoms with Crippen LogP contribution in [0.3, 0.4) is 0 Å². The summed E-state index contributed by atoms with van der Waals surface area (Å²) in [5, 5.41) is 0. The number of hydrogen-bond acceptors (Lipinski definition) is 3. The van der Waals surface area contributed by atoms with Gasteiger partial charge in [0, 0.05) is 44.1 Å². The fraction of sp³-hybridized carbons (Fsp3) is 0.682. The molecular weight excluding hydrogens is 320 g/mol. The van der Waals surface area contributed by atoms with Crippen LogP contribution in [0.2, 0.25) is 0 Å². The van der Waals surface area contributed by atoms with Crippen molar-refractivity contribution in [3.8, 4) is 0 Å². The standard InChI is InChI=1S/C22H32N4/c1-2-7-20-17-12-18(21-8-3-6-11-26(20)21)14-24(13-17)15-19-16-25-10-5-4-9-22(25)23-19/h4-5,9-10,16-18,20-21H,2-3,6-8,11-15H2,1H3/t17-,18+,20-,21-/m0/s1. The average Bonchev–Trinajstić information content (AvgIpc) is 3.07. The lowest BCUT2D eigenvalue weighted by atomic mass is 9.71. The van der Waals surface area contributed by atoms with Gasteiger partial charge in [-0.1, -0.05) is 25.8 Å². The molecule has 26 heavy (non-hydrogen) atoms. The van der Waals surface area contributed by atoms with E-state index < -0.39 is 0 Å². The number of rotatable bonds is 4. The molecule has 3 aliphatic heterocycles. The summed E-state index contributed by atoms with van der Waals surface area (Å²) >= 11 is 0. The molecule has 5 heterocycles. The van der Waals surface area contributed by atoms with Crippen LogP contribution in [0.15, 0.2) is 30.6 Å². The second-order valence-electron chi connectivity index (χ2n) is 8.81. The second kappa shape index (κ2) is 6.97. The monoisotopic (exact) mass is 352 g/mol. The van der Waals surface area contributed by atoms with E-state index in [2.05, 4.69) is 51.7 Å². The number of aromatic nitrogens is 2. The van der Waals surface area contributed by atoms with Crippen LogP contribution in [0.4, 0.5) is 0 Å². The molecule has 0 spiro atoms. The maximum Gasteiger partial charge on any atom is 0.137 e. The van der Waals surface area contributed by atoms with Crippen molar-refractivity contribution in [2.45, 2.75) is 64.1 Å². The molecule has 2 aromatic rings. The maximum atomic E-state index is 4.85. The van der Waals surface area contributed by atoms with Crippen LogP contribution in [0.5, 0.6) is 0 Å². The van der Waals surface area contributed by atoms with E-state index in [-0.39, 0.29) is 0 Å². The molecule has 0 unspecified atom stereocenters. The largest absolute Gasteiger partial charge is 0.307 e. The predicted octanol–water partition coefficient (Wildman–Crippen LogP) is 3.81. The smallest absolute Gasteiger partial charge is 0.137 e. The lowest BCUT2D eigenvalue weighted by Crippen LogP contribution is -2.63. The summed E-state index contributed by atoms with van der Waals surface area (Å²) < 4.78 is 2.16. The van der Waals surface area contributed by atoms with Crippen molar-refractivity contribution in [3.63, 3.8) is 0 Å². The highest BCUT2D eigenvalue weighted by atomic mass is 15.3. The van der Waals surface area contributed by atoms with Crippen LogP contribution in [0.25, 0.3) is 5.65 Å². The van der Waals surface area contributed by atoms with Crippen molar-refractivity contribution < 1.29 is 0 Å². The molecule has 4 nitrogen and oxygen atoms in total. The van der Waals surface area contributed by atoms with E-state index >= 15 is 0 Å². The summed E-state index contributed by atoms with van der Waals surface area (Å²) in [6, 6.07) is 7.93. The summed E-state index contributed by atoms with van der Waals surface area (Å²) in [6.45, 7) is 7.26. The van der Waals surface area contributed by atoms with E-state index in [9.17, 15) is 0 Å². The van der Waals surface area contributed by atoms with Gasteiger partial charge in [-0.3, -0.25) is 9.80 Å². The van der Waals surface area contributed by atoms with Crippen molar-refractivity contribution in [3.05, 3.63) is 36.3 Å². The Morgan fingerprint density at radius 3 is 2.96 bits per heavy atom. The first-order valence-corrected chi connectivity index (χ1v) is 10.7. The van der Waals surface area contributed by atoms with Gasteiger partial charge in [-0.15, -0.1) is 0 Å². The third-order valence-electron chi connectivity index (χ3n) is 7.08. The van der Waals surface area contributed by atoms with Crippen molar-refractivity contribution in [1.82, 2.24) is 19.2 Å². The Bertz CT molecular complexity index is 720. The summed E-state index contributed by atoms with van der Waals surface area (Å²) in [7, 11) is 0. The molecule has 140 valence electrons. The normalized spacial score (nSPS) is 32.7. The Hall–Kier alpha value is -1.39. The van der Waals surface area contributed by atoms with E-state index in [0.29, 0.717) is 0 Å². The van der Waals surface area contributed by atoms with Gasteiger partial charge in [-0.05, 0) is 56.2 Å². The van der Waals surface area contributed by atoms with Gasteiger partial charge in [0.25, 0.3) is 0 Å². The molecule has 3 fully saturated rings. The number of fused-ring (bicyclic) bond motifs is 5. The Balaban J connectivity index is 1.35. The van der Waals surface area contributed by atoms with Gasteiger partial charge in [0.2, 0.25) is 0 Å². The molecule has 0 N–H and O–H groups in total. The van der Waals surface area contributed by atoms with Crippen LogP contribution in [0.1, 0.15) is 51.1 Å². The fourth-order valence-electron chi connectivity index (χ4n) is 6.12. The molecule has 4 heteroatoms. The Morgan fingerprint density at radius 1 is 1.15 bits per heavy atom. The third kappa shape index (κ3) is 2.97. The number of likely N-dealkylation sites (tertiary alicyclic amines) is 1. The number of pyridine rings is 1. The molecule has 3 saturated heterocycles. The SMILES string of the molecule is CCC[C@H]1[C@H]2C[C@H](CN(Cc3cn4ccccc4n3)C2)[C@@H]2CCCCN21. The minimum atomic E-state index is 0.824. The predicted molar refractivity (Wildman–Crippen MR) is 105 cm³/mol. The fourth-order valence-corrected chi connectivity index (χ4v) is 6.12. The topological polar surface area (TPSA) is 23.8 Å². The molecule has 2 aromatic heterocycles. The molecule has 0 amide bonds. The number of imidazole rings is 1. The summed E-state index contributed by atoms with van der Waals surface area (Å²) in [4.78, 5) is 10.5. The van der Waals surface area contributed by atoms with Gasteiger partial charge in [0.1, 0.15) is 5.65 Å². The van der Waals surface area contributed by atoms with Gasteiger partial charge in [0.15, 0.2) is 0 Å². The van der Waals surface area contributed by atoms with E-state index in [1.165, 1.54) is 63.9 Å². The highest BCUT2D eigenvalue weighted by molar-refractivity contribution is 5.39. The summed E-state index contributed by atoms with van der Waals surface area (Å²) in [5.41, 5.74) is 2.30. The molecule has 2 bridgehead atoms. The summed E-state index contributed by atoms with van der Waals surface area (Å²) in [6.07, 6.45) is 12.8. The van der Waals surface area contributed by atoms with Gasteiger partial charge in [-0.25, -0.2) is 4.98 Å². The zero-order chi connectivity index (χ0) is 17.5. The van der Waals surface area contributed by atoms with E-state index in [4.69, 9.17) is 4.98 Å². The molecular formula is C22H32N4. The van der Waals surface area contributed by atoms with Gasteiger partial charge in [-0.2, -0.15) is 0 Å². The van der Waals surface area contributed by atoms with Crippen LogP contribution in [-0.4, -0.2) is 50.9 Å². The highest BCUT2D eigenvalue weighted by Gasteiger charge is 2.46. The van der Waals surface area contributed by atoms with Crippen LogP contribution in [-0.2, 0) is 6.54 Å². The van der Waals surface area contributed by atoms with Crippen molar-refractivity contribution in [2.24, 2.45) is 11.8 Å². The zero-order valence-electron chi connectivity index (χ0n) is 16.1. The molecule has 0 aromatic carbocycles. The minimum Gasteiger partial charge on any atom is -0.307 e. The van der Waals surface area contributed by atoms with Crippen LogP contribution < -0.4 is 0 Å². The highest BCUT2D eigenvalue weighted by Crippen LogP contribution is 2.42. The average molecular weight is 353 g/mol.